The van der Waals surface area contributed by atoms with Crippen LogP contribution in [-0.2, 0) is 34.5 Å². The Balaban J connectivity index is 1.38. The fourth-order valence-corrected chi connectivity index (χ4v) is 7.60. The molecule has 13 heteroatoms. The van der Waals surface area contributed by atoms with Crippen LogP contribution in [0.4, 0.5) is 8.78 Å². The molecule has 2 aliphatic carbocycles. The molecule has 2 unspecified atom stereocenters. The van der Waals surface area contributed by atoms with Crippen LogP contribution in [0.2, 0.25) is 5.02 Å². The molecule has 2 aliphatic heterocycles. The molecular formula is C30H36ClF2N5O5. The molecule has 4 aliphatic rings. The van der Waals surface area contributed by atoms with E-state index in [1.54, 1.807) is 28.9 Å². The number of alkyl halides is 2. The summed E-state index contributed by atoms with van der Waals surface area (Å²) in [6.45, 7) is 2.48. The predicted octanol–water partition coefficient (Wildman–Crippen LogP) is 4.70. The molecule has 2 aromatic rings. The number of ether oxygens (including phenoxy) is 1. The fraction of sp³-hybridized carbons (Fsp3) is 0.633. The van der Waals surface area contributed by atoms with Gasteiger partial charge in [0.25, 0.3) is 6.43 Å². The van der Waals surface area contributed by atoms with Crippen molar-refractivity contribution in [3.05, 3.63) is 39.7 Å². The van der Waals surface area contributed by atoms with Crippen LogP contribution in [0.15, 0.2) is 12.1 Å². The monoisotopic (exact) mass is 619 g/mol. The molecule has 43 heavy (non-hydrogen) atoms. The number of carbonyl (C=O) groups is 3. The molecule has 1 aromatic heterocycles. The summed E-state index contributed by atoms with van der Waals surface area (Å²) < 4.78 is 34.6. The highest BCUT2D eigenvalue weighted by molar-refractivity contribution is 6.31. The second kappa shape index (κ2) is 11.0. The summed E-state index contributed by atoms with van der Waals surface area (Å²) in [4.78, 5) is 43.4. The Morgan fingerprint density at radius 2 is 2.00 bits per heavy atom. The molecule has 1 N–H and O–H groups in total. The van der Waals surface area contributed by atoms with E-state index in [1.807, 2.05) is 0 Å². The average Bonchev–Trinajstić information content (AvgIpc) is 3.50. The quantitative estimate of drug-likeness (QED) is 0.455. The Morgan fingerprint density at radius 1 is 1.23 bits per heavy atom. The smallest absolute Gasteiger partial charge is 0.310 e. The first-order chi connectivity index (χ1) is 20.4. The lowest BCUT2D eigenvalue weighted by Crippen LogP contribution is -2.52. The molecule has 2 saturated carbocycles. The molecule has 1 spiro atoms. The minimum absolute atomic E-state index is 0.0000166. The van der Waals surface area contributed by atoms with Gasteiger partial charge in [0.2, 0.25) is 11.8 Å². The van der Waals surface area contributed by atoms with E-state index in [9.17, 15) is 28.3 Å². The van der Waals surface area contributed by atoms with Crippen molar-refractivity contribution in [1.29, 1.82) is 0 Å². The lowest BCUT2D eigenvalue weighted by molar-refractivity contribution is -0.162. The van der Waals surface area contributed by atoms with E-state index in [2.05, 4.69) is 10.3 Å². The van der Waals surface area contributed by atoms with Crippen molar-refractivity contribution in [2.24, 2.45) is 23.8 Å². The van der Waals surface area contributed by atoms with Crippen LogP contribution in [0, 0.1) is 16.7 Å². The van der Waals surface area contributed by atoms with Crippen molar-refractivity contribution in [1.82, 2.24) is 24.8 Å². The number of rotatable bonds is 8. The van der Waals surface area contributed by atoms with E-state index < -0.39 is 29.8 Å². The second-order valence-electron chi connectivity index (χ2n) is 12.8. The number of aryl methyl sites for hydroxylation is 1. The summed E-state index contributed by atoms with van der Waals surface area (Å²) in [5, 5.41) is 18.2. The van der Waals surface area contributed by atoms with Gasteiger partial charge in [0.05, 0.1) is 17.4 Å². The number of hydrogen-bond donors (Lipinski definition) is 1. The maximum Gasteiger partial charge on any atom is 0.310 e. The zero-order chi connectivity index (χ0) is 30.7. The van der Waals surface area contributed by atoms with Gasteiger partial charge in [-0.25, -0.2) is 13.5 Å². The topological polar surface area (TPSA) is 118 Å². The van der Waals surface area contributed by atoms with Gasteiger partial charge in [-0.2, -0.15) is 0 Å². The summed E-state index contributed by atoms with van der Waals surface area (Å²) in [6, 6.07) is 2.67. The minimum atomic E-state index is -2.80. The highest BCUT2D eigenvalue weighted by Gasteiger charge is 2.54. The lowest BCUT2D eigenvalue weighted by atomic mass is 9.66. The van der Waals surface area contributed by atoms with Gasteiger partial charge < -0.3 is 19.6 Å². The Bertz CT molecular complexity index is 1460. The largest absolute Gasteiger partial charge is 0.487 e. The molecular weight excluding hydrogens is 584 g/mol. The van der Waals surface area contributed by atoms with Crippen LogP contribution in [-0.4, -0.2) is 67.3 Å². The van der Waals surface area contributed by atoms with Gasteiger partial charge in [-0.3, -0.25) is 14.4 Å². The molecule has 0 bridgehead atoms. The highest BCUT2D eigenvalue weighted by atomic mass is 35.5. The highest BCUT2D eigenvalue weighted by Crippen LogP contribution is 2.54. The van der Waals surface area contributed by atoms with Gasteiger partial charge in [0, 0.05) is 43.7 Å². The zero-order valence-electron chi connectivity index (χ0n) is 24.3. The number of carboxylic acid groups (broad SMARTS) is 1. The van der Waals surface area contributed by atoms with E-state index in [0.29, 0.717) is 55.1 Å². The Hall–Kier alpha value is -3.28. The van der Waals surface area contributed by atoms with Gasteiger partial charge in [-0.05, 0) is 62.1 Å². The molecule has 3 atom stereocenters. The number of hydrogen-bond acceptors (Lipinski definition) is 6. The molecule has 10 nitrogen and oxygen atoms in total. The van der Waals surface area contributed by atoms with E-state index in [1.165, 1.54) is 7.05 Å². The number of fused-ring (bicyclic) bond motifs is 1. The second-order valence-corrected chi connectivity index (χ2v) is 13.2. The Labute approximate surface area is 253 Å². The summed E-state index contributed by atoms with van der Waals surface area (Å²) in [5.41, 5.74) is -0.177. The van der Waals surface area contributed by atoms with Crippen molar-refractivity contribution < 1.29 is 33.0 Å². The number of aliphatic carboxylic acids is 1. The zero-order valence-corrected chi connectivity index (χ0v) is 25.1. The van der Waals surface area contributed by atoms with Gasteiger partial charge in [0.1, 0.15) is 23.7 Å². The van der Waals surface area contributed by atoms with E-state index in [4.69, 9.17) is 16.3 Å². The third kappa shape index (κ3) is 5.25. The number of nitrogens with zero attached hydrogens (tertiary/aromatic N) is 5. The average molecular weight is 620 g/mol. The molecule has 6 rings (SSSR count). The molecule has 2 amide bonds. The van der Waals surface area contributed by atoms with Gasteiger partial charge in [-0.1, -0.05) is 29.7 Å². The van der Waals surface area contributed by atoms with E-state index in [-0.39, 0.29) is 41.8 Å². The van der Waals surface area contributed by atoms with Gasteiger partial charge in [-0.15, -0.1) is 5.10 Å². The third-order valence-electron chi connectivity index (χ3n) is 10.1. The number of halogens is 3. The standard InChI is InChI=1S/C30H36ClF2N5O5/c1-29(28(41)42)9-4-3-5-18(29)27(40)38-12-8-17-19(31)6-7-22(43-15-20-25(26(32)33)36(2)35-34-20)24(17)21(38)14-37-16-30(10-11-30)13-23(37)39/h6-7,18,21,26H,3-5,8-16H2,1-2H3,(H,41,42)/t18?,21?,29-/m0/s1. The predicted molar refractivity (Wildman–Crippen MR) is 150 cm³/mol. The van der Waals surface area contributed by atoms with Crippen LogP contribution < -0.4 is 4.74 Å². The maximum absolute atomic E-state index is 14.4. The minimum Gasteiger partial charge on any atom is -0.487 e. The normalized spacial score (nSPS) is 26.2. The maximum atomic E-state index is 14.4. The molecule has 1 saturated heterocycles. The van der Waals surface area contributed by atoms with Gasteiger partial charge >= 0.3 is 5.97 Å². The molecule has 3 heterocycles. The molecule has 1 aromatic carbocycles. The van der Waals surface area contributed by atoms with Gasteiger partial charge in [0.15, 0.2) is 0 Å². The lowest BCUT2D eigenvalue weighted by Gasteiger charge is -2.45. The number of benzene rings is 1. The first-order valence-corrected chi connectivity index (χ1v) is 15.2. The van der Waals surface area contributed by atoms with E-state index in [0.717, 1.165) is 35.9 Å². The van der Waals surface area contributed by atoms with Crippen LogP contribution >= 0.6 is 11.6 Å². The first kappa shape index (κ1) is 29.8. The van der Waals surface area contributed by atoms with Crippen LogP contribution in [0.1, 0.15) is 86.9 Å². The third-order valence-corrected chi connectivity index (χ3v) is 10.5. The molecule has 3 fully saturated rings. The molecule has 232 valence electrons. The van der Waals surface area contributed by atoms with Crippen molar-refractivity contribution >= 4 is 29.4 Å². The number of carbonyl (C=O) groups excluding carboxylic acids is 2. The number of amides is 2. The van der Waals surface area contributed by atoms with Crippen LogP contribution in [0.3, 0.4) is 0 Å². The summed E-state index contributed by atoms with van der Waals surface area (Å²) in [5.74, 6) is -1.59. The molecule has 0 radical (unpaired) electrons. The van der Waals surface area contributed by atoms with Crippen LogP contribution in [0.5, 0.6) is 5.75 Å². The number of likely N-dealkylation sites (tertiary alicyclic amines) is 1. The number of aromatic nitrogens is 3. The summed E-state index contributed by atoms with van der Waals surface area (Å²) in [6.07, 6.45) is 2.42. The van der Waals surface area contributed by atoms with Crippen molar-refractivity contribution in [3.63, 3.8) is 0 Å². The van der Waals surface area contributed by atoms with Crippen molar-refractivity contribution in [2.45, 2.75) is 77.4 Å². The SMILES string of the molecule is Cn1nnc(COc2ccc(Cl)c3c2C(CN2CC4(CC4)CC2=O)N(C(=O)C2CCCC[C@]2(C)C(=O)O)CC3)c1C(F)F. The van der Waals surface area contributed by atoms with Crippen molar-refractivity contribution in [2.75, 3.05) is 19.6 Å². The Kier molecular flexibility index (Phi) is 7.63. The fourth-order valence-electron chi connectivity index (χ4n) is 7.34. The number of carboxylic acids is 1. The van der Waals surface area contributed by atoms with E-state index >= 15 is 0 Å². The van der Waals surface area contributed by atoms with Crippen LogP contribution in [0.25, 0.3) is 0 Å². The summed E-state index contributed by atoms with van der Waals surface area (Å²) >= 11 is 6.69. The van der Waals surface area contributed by atoms with Crippen molar-refractivity contribution in [3.8, 4) is 5.75 Å². The first-order valence-electron chi connectivity index (χ1n) is 14.9. The summed E-state index contributed by atoms with van der Waals surface area (Å²) in [7, 11) is 1.39. The Morgan fingerprint density at radius 3 is 2.67 bits per heavy atom.